The number of carboxylic acid groups (broad SMARTS) is 1. The van der Waals surface area contributed by atoms with Gasteiger partial charge in [-0.25, -0.2) is 4.39 Å². The molecule has 0 radical (unpaired) electrons. The molecule has 1 aromatic rings. The first kappa shape index (κ1) is 12.3. The van der Waals surface area contributed by atoms with E-state index in [1.165, 1.54) is 31.2 Å². The van der Waals surface area contributed by atoms with Gasteiger partial charge in [-0.1, -0.05) is 0 Å². The third-order valence-corrected chi connectivity index (χ3v) is 1.25. The van der Waals surface area contributed by atoms with E-state index in [2.05, 4.69) is 0 Å². The molecule has 14 heavy (non-hydrogen) atoms. The molecule has 0 aliphatic carbocycles. The number of carbonyl (C=O) groups excluding carboxylic acids is 1. The summed E-state index contributed by atoms with van der Waals surface area (Å²) >= 11 is 0. The summed E-state index contributed by atoms with van der Waals surface area (Å²) in [6.45, 7) is 2.53. The van der Waals surface area contributed by atoms with Gasteiger partial charge in [0, 0.05) is 12.5 Å². The molecule has 0 saturated carbocycles. The first-order chi connectivity index (χ1) is 6.43. The summed E-state index contributed by atoms with van der Waals surface area (Å²) in [6.07, 6.45) is 0. The summed E-state index contributed by atoms with van der Waals surface area (Å²) in [6, 6.07) is 5.49. The van der Waals surface area contributed by atoms with Gasteiger partial charge in [0.05, 0.1) is 0 Å². The average molecular weight is 198 g/mol. The quantitative estimate of drug-likeness (QED) is 0.703. The highest BCUT2D eigenvalue weighted by molar-refractivity contribution is 5.93. The first-order valence-electron chi connectivity index (χ1n) is 3.89. The SMILES string of the molecule is CC(=O)O.CC(=O)c1ccc(F)cc1. The number of hydrogen-bond acceptors (Lipinski definition) is 2. The zero-order valence-corrected chi connectivity index (χ0v) is 7.95. The molecule has 0 bridgehead atoms. The van der Waals surface area contributed by atoms with Crippen molar-refractivity contribution >= 4 is 11.8 Å². The minimum absolute atomic E-state index is 0.0417. The van der Waals surface area contributed by atoms with Gasteiger partial charge < -0.3 is 5.11 Å². The highest BCUT2D eigenvalue weighted by Gasteiger charge is 1.96. The number of rotatable bonds is 1. The Bertz CT molecular complexity index is 313. The van der Waals surface area contributed by atoms with Crippen molar-refractivity contribution in [1.29, 1.82) is 0 Å². The Morgan fingerprint density at radius 3 is 1.79 bits per heavy atom. The maximum absolute atomic E-state index is 12.2. The monoisotopic (exact) mass is 198 g/mol. The molecule has 0 heterocycles. The Balaban J connectivity index is 0.000000364. The van der Waals surface area contributed by atoms with Crippen LogP contribution in [0.5, 0.6) is 0 Å². The molecule has 0 unspecified atom stereocenters. The second kappa shape index (κ2) is 5.85. The van der Waals surface area contributed by atoms with Crippen LogP contribution in [-0.4, -0.2) is 16.9 Å². The smallest absolute Gasteiger partial charge is 0.300 e. The third-order valence-electron chi connectivity index (χ3n) is 1.25. The number of benzene rings is 1. The molecule has 0 amide bonds. The maximum Gasteiger partial charge on any atom is 0.300 e. The number of Topliss-reactive ketones (excluding diaryl/α,β-unsaturated/α-hetero) is 1. The minimum atomic E-state index is -0.833. The Morgan fingerprint density at radius 2 is 1.50 bits per heavy atom. The van der Waals surface area contributed by atoms with E-state index in [1.807, 2.05) is 0 Å². The fourth-order valence-corrected chi connectivity index (χ4v) is 0.685. The van der Waals surface area contributed by atoms with Crippen LogP contribution in [0.2, 0.25) is 0 Å². The second-order valence-corrected chi connectivity index (χ2v) is 2.58. The van der Waals surface area contributed by atoms with E-state index in [1.54, 1.807) is 0 Å². The van der Waals surface area contributed by atoms with E-state index in [4.69, 9.17) is 9.90 Å². The van der Waals surface area contributed by atoms with Crippen molar-refractivity contribution in [2.75, 3.05) is 0 Å². The number of hydrogen-bond donors (Lipinski definition) is 1. The number of carboxylic acids is 1. The molecule has 0 aromatic heterocycles. The van der Waals surface area contributed by atoms with Crippen LogP contribution in [0.4, 0.5) is 4.39 Å². The van der Waals surface area contributed by atoms with E-state index < -0.39 is 5.97 Å². The largest absolute Gasteiger partial charge is 0.481 e. The molecule has 0 fully saturated rings. The lowest BCUT2D eigenvalue weighted by Crippen LogP contribution is -1.90. The van der Waals surface area contributed by atoms with Crippen LogP contribution in [0.1, 0.15) is 24.2 Å². The maximum atomic E-state index is 12.2. The van der Waals surface area contributed by atoms with E-state index >= 15 is 0 Å². The summed E-state index contributed by atoms with van der Waals surface area (Å²) in [5.41, 5.74) is 0.543. The lowest BCUT2D eigenvalue weighted by atomic mass is 10.1. The van der Waals surface area contributed by atoms with Crippen molar-refractivity contribution < 1.29 is 19.1 Å². The highest BCUT2D eigenvalue weighted by Crippen LogP contribution is 2.02. The predicted octanol–water partition coefficient (Wildman–Crippen LogP) is 2.12. The Hall–Kier alpha value is -1.71. The molecule has 1 aromatic carbocycles. The van der Waals surface area contributed by atoms with Crippen molar-refractivity contribution in [1.82, 2.24) is 0 Å². The lowest BCUT2D eigenvalue weighted by molar-refractivity contribution is -0.134. The van der Waals surface area contributed by atoms with Crippen LogP contribution in [0.15, 0.2) is 24.3 Å². The molecule has 3 nitrogen and oxygen atoms in total. The number of aliphatic carboxylic acids is 1. The molecule has 1 N–H and O–H groups in total. The molecule has 0 saturated heterocycles. The Kier molecular flexibility index (Phi) is 5.14. The predicted molar refractivity (Wildman–Crippen MR) is 49.7 cm³/mol. The average Bonchev–Trinajstić information content (AvgIpc) is 2.03. The summed E-state index contributed by atoms with van der Waals surface area (Å²) in [4.78, 5) is 19.6. The molecule has 1 rings (SSSR count). The van der Waals surface area contributed by atoms with Crippen molar-refractivity contribution in [3.05, 3.63) is 35.6 Å². The van der Waals surface area contributed by atoms with Gasteiger partial charge in [-0.2, -0.15) is 0 Å². The fraction of sp³-hybridized carbons (Fsp3) is 0.200. The molecule has 0 spiro atoms. The normalized spacial score (nSPS) is 8.50. The van der Waals surface area contributed by atoms with E-state index in [-0.39, 0.29) is 11.6 Å². The number of carbonyl (C=O) groups is 2. The zero-order valence-electron chi connectivity index (χ0n) is 7.95. The lowest BCUT2D eigenvalue weighted by Gasteiger charge is -1.91. The number of ketones is 1. The minimum Gasteiger partial charge on any atom is -0.481 e. The third kappa shape index (κ3) is 5.88. The molecular weight excluding hydrogens is 187 g/mol. The second-order valence-electron chi connectivity index (χ2n) is 2.58. The highest BCUT2D eigenvalue weighted by atomic mass is 19.1. The summed E-state index contributed by atoms with van der Waals surface area (Å²) < 4.78 is 12.2. The van der Waals surface area contributed by atoms with Crippen molar-refractivity contribution in [2.24, 2.45) is 0 Å². The summed E-state index contributed by atoms with van der Waals surface area (Å²) in [5, 5.41) is 7.42. The summed E-state index contributed by atoms with van der Waals surface area (Å²) in [5.74, 6) is -1.19. The molecule has 0 aliphatic heterocycles. The van der Waals surface area contributed by atoms with Crippen LogP contribution in [0, 0.1) is 5.82 Å². The van der Waals surface area contributed by atoms with E-state index in [9.17, 15) is 9.18 Å². The molecule has 0 aliphatic rings. The van der Waals surface area contributed by atoms with E-state index in [0.29, 0.717) is 5.56 Å². The van der Waals surface area contributed by atoms with E-state index in [0.717, 1.165) is 6.92 Å². The zero-order chi connectivity index (χ0) is 11.1. The topological polar surface area (TPSA) is 54.4 Å². The van der Waals surface area contributed by atoms with Gasteiger partial charge in [-0.3, -0.25) is 9.59 Å². The Morgan fingerprint density at radius 1 is 1.14 bits per heavy atom. The molecule has 76 valence electrons. The van der Waals surface area contributed by atoms with Gasteiger partial charge >= 0.3 is 0 Å². The van der Waals surface area contributed by atoms with Crippen molar-refractivity contribution in [3.8, 4) is 0 Å². The van der Waals surface area contributed by atoms with Crippen LogP contribution in [-0.2, 0) is 4.79 Å². The first-order valence-corrected chi connectivity index (χ1v) is 3.89. The van der Waals surface area contributed by atoms with Crippen LogP contribution >= 0.6 is 0 Å². The van der Waals surface area contributed by atoms with Gasteiger partial charge in [0.25, 0.3) is 5.97 Å². The standard InChI is InChI=1S/C8H7FO.C2H4O2/c1-6(10)7-2-4-8(9)5-3-7;1-2(3)4/h2-5H,1H3;1H3,(H,3,4). The van der Waals surface area contributed by atoms with Gasteiger partial charge in [-0.05, 0) is 31.2 Å². The van der Waals surface area contributed by atoms with Crippen molar-refractivity contribution in [2.45, 2.75) is 13.8 Å². The fourth-order valence-electron chi connectivity index (χ4n) is 0.685. The summed E-state index contributed by atoms with van der Waals surface area (Å²) in [7, 11) is 0. The van der Waals surface area contributed by atoms with Crippen LogP contribution in [0.25, 0.3) is 0 Å². The Labute approximate surface area is 81.2 Å². The van der Waals surface area contributed by atoms with Crippen LogP contribution in [0.3, 0.4) is 0 Å². The molecular formula is C10H11FO3. The van der Waals surface area contributed by atoms with Gasteiger partial charge in [0.15, 0.2) is 5.78 Å². The van der Waals surface area contributed by atoms with Crippen molar-refractivity contribution in [3.63, 3.8) is 0 Å². The van der Waals surface area contributed by atoms with Gasteiger partial charge in [0.2, 0.25) is 0 Å². The number of halogens is 1. The van der Waals surface area contributed by atoms with Crippen LogP contribution < -0.4 is 0 Å². The molecule has 0 atom stereocenters. The molecule has 4 heteroatoms. The van der Waals surface area contributed by atoms with Gasteiger partial charge in [-0.15, -0.1) is 0 Å². The van der Waals surface area contributed by atoms with Gasteiger partial charge in [0.1, 0.15) is 5.82 Å².